The van der Waals surface area contributed by atoms with Crippen LogP contribution >= 0.6 is 22.9 Å². The van der Waals surface area contributed by atoms with E-state index in [4.69, 9.17) is 16.3 Å². The first-order valence-corrected chi connectivity index (χ1v) is 7.42. The zero-order valence-electron chi connectivity index (χ0n) is 11.1. The molecule has 3 nitrogen and oxygen atoms in total. The van der Waals surface area contributed by atoms with Gasteiger partial charge in [-0.2, -0.15) is 0 Å². The van der Waals surface area contributed by atoms with Crippen LogP contribution in [0.1, 0.15) is 22.5 Å². The average Bonchev–Trinajstić information content (AvgIpc) is 2.75. The summed E-state index contributed by atoms with van der Waals surface area (Å²) in [7, 11) is 0. The quantitative estimate of drug-likeness (QED) is 0.880. The van der Waals surface area contributed by atoms with E-state index in [2.05, 4.69) is 17.2 Å². The minimum atomic E-state index is 0.484. The molecule has 0 aliphatic heterocycles. The van der Waals surface area contributed by atoms with Gasteiger partial charge in [0.15, 0.2) is 0 Å². The molecule has 0 amide bonds. The summed E-state index contributed by atoms with van der Waals surface area (Å²) in [5, 5.41) is 4.98. The maximum atomic E-state index is 5.91. The molecule has 0 aliphatic rings. The van der Waals surface area contributed by atoms with Crippen LogP contribution in [0.4, 0.5) is 0 Å². The largest absolute Gasteiger partial charge is 0.486 e. The second kappa shape index (κ2) is 6.89. The van der Waals surface area contributed by atoms with Gasteiger partial charge in [-0.25, -0.2) is 4.98 Å². The molecule has 0 saturated carbocycles. The SMILES string of the molecule is CCNCc1sc(COc2cccc(Cl)c2)nc1C. The lowest BCUT2D eigenvalue weighted by molar-refractivity contribution is 0.305. The lowest BCUT2D eigenvalue weighted by atomic mass is 10.3. The van der Waals surface area contributed by atoms with Gasteiger partial charge in [-0.15, -0.1) is 11.3 Å². The number of rotatable bonds is 6. The van der Waals surface area contributed by atoms with Gasteiger partial charge in [-0.3, -0.25) is 0 Å². The first-order valence-electron chi connectivity index (χ1n) is 6.23. The van der Waals surface area contributed by atoms with Crippen molar-refractivity contribution in [3.8, 4) is 5.75 Å². The fourth-order valence-electron chi connectivity index (χ4n) is 1.65. The van der Waals surface area contributed by atoms with Crippen LogP contribution in [0.3, 0.4) is 0 Å². The molecule has 0 saturated heterocycles. The predicted octanol–water partition coefficient (Wildman–Crippen LogP) is 3.79. The maximum Gasteiger partial charge on any atom is 0.140 e. The summed E-state index contributed by atoms with van der Waals surface area (Å²) in [4.78, 5) is 5.79. The Bertz CT molecular complexity index is 542. The van der Waals surface area contributed by atoms with Gasteiger partial charge in [0.2, 0.25) is 0 Å². The summed E-state index contributed by atoms with van der Waals surface area (Å²) in [5.41, 5.74) is 1.08. The van der Waals surface area contributed by atoms with E-state index in [0.717, 1.165) is 29.5 Å². The lowest BCUT2D eigenvalue weighted by Gasteiger charge is -2.03. The molecule has 1 heterocycles. The number of ether oxygens (including phenoxy) is 1. The predicted molar refractivity (Wildman–Crippen MR) is 80.0 cm³/mol. The summed E-state index contributed by atoms with van der Waals surface area (Å²) in [5.74, 6) is 0.772. The van der Waals surface area contributed by atoms with Crippen molar-refractivity contribution >= 4 is 22.9 Å². The Labute approximate surface area is 122 Å². The van der Waals surface area contributed by atoms with Crippen LogP contribution < -0.4 is 10.1 Å². The van der Waals surface area contributed by atoms with E-state index in [9.17, 15) is 0 Å². The molecule has 0 unspecified atom stereocenters. The number of aromatic nitrogens is 1. The Morgan fingerprint density at radius 3 is 3.00 bits per heavy atom. The van der Waals surface area contributed by atoms with Gasteiger partial charge in [0.1, 0.15) is 17.4 Å². The molecule has 0 aliphatic carbocycles. The standard InChI is InChI=1S/C14H17ClN2OS/c1-3-16-8-13-10(2)17-14(19-13)9-18-12-6-4-5-11(15)7-12/h4-7,16H,3,8-9H2,1-2H3. The Morgan fingerprint density at radius 1 is 1.42 bits per heavy atom. The van der Waals surface area contributed by atoms with E-state index in [1.807, 2.05) is 31.2 Å². The van der Waals surface area contributed by atoms with Crippen molar-refractivity contribution in [1.82, 2.24) is 10.3 Å². The monoisotopic (exact) mass is 296 g/mol. The number of hydrogen-bond acceptors (Lipinski definition) is 4. The van der Waals surface area contributed by atoms with Crippen molar-refractivity contribution in [2.24, 2.45) is 0 Å². The summed E-state index contributed by atoms with van der Waals surface area (Å²) < 4.78 is 5.69. The van der Waals surface area contributed by atoms with Gasteiger partial charge in [-0.1, -0.05) is 24.6 Å². The average molecular weight is 297 g/mol. The molecule has 102 valence electrons. The van der Waals surface area contributed by atoms with Gasteiger partial charge < -0.3 is 10.1 Å². The molecule has 5 heteroatoms. The fourth-order valence-corrected chi connectivity index (χ4v) is 2.79. The lowest BCUT2D eigenvalue weighted by Crippen LogP contribution is -2.11. The van der Waals surface area contributed by atoms with Gasteiger partial charge in [0.05, 0.1) is 5.69 Å². The molecule has 0 radical (unpaired) electrons. The Morgan fingerprint density at radius 2 is 2.26 bits per heavy atom. The molecule has 2 aromatic rings. The normalized spacial score (nSPS) is 10.7. The van der Waals surface area contributed by atoms with Crippen LogP contribution in [-0.4, -0.2) is 11.5 Å². The number of benzene rings is 1. The van der Waals surface area contributed by atoms with Gasteiger partial charge in [0.25, 0.3) is 0 Å². The van der Waals surface area contributed by atoms with Crippen molar-refractivity contribution in [1.29, 1.82) is 0 Å². The number of halogens is 1. The molecular formula is C14H17ClN2OS. The minimum Gasteiger partial charge on any atom is -0.486 e. The molecule has 2 rings (SSSR count). The molecule has 0 bridgehead atoms. The first kappa shape index (κ1) is 14.3. The molecule has 1 N–H and O–H groups in total. The summed E-state index contributed by atoms with van der Waals surface area (Å²) in [6.45, 7) is 6.45. The number of thiazole rings is 1. The van der Waals surface area contributed by atoms with Crippen molar-refractivity contribution in [2.75, 3.05) is 6.54 Å². The van der Waals surface area contributed by atoms with Gasteiger partial charge in [-0.05, 0) is 31.7 Å². The molecule has 0 fully saturated rings. The molecule has 1 aromatic carbocycles. The number of hydrogen-bond donors (Lipinski definition) is 1. The molecular weight excluding hydrogens is 280 g/mol. The topological polar surface area (TPSA) is 34.1 Å². The highest BCUT2D eigenvalue weighted by Crippen LogP contribution is 2.21. The first-order chi connectivity index (χ1) is 9.19. The summed E-state index contributed by atoms with van der Waals surface area (Å²) in [6, 6.07) is 7.41. The highest BCUT2D eigenvalue weighted by atomic mass is 35.5. The zero-order chi connectivity index (χ0) is 13.7. The molecule has 0 spiro atoms. The van der Waals surface area contributed by atoms with E-state index in [0.29, 0.717) is 11.6 Å². The van der Waals surface area contributed by atoms with Crippen molar-refractivity contribution in [3.05, 3.63) is 44.9 Å². The summed E-state index contributed by atoms with van der Waals surface area (Å²) in [6.07, 6.45) is 0. The third-order valence-electron chi connectivity index (χ3n) is 2.63. The van der Waals surface area contributed by atoms with Crippen molar-refractivity contribution in [3.63, 3.8) is 0 Å². The van der Waals surface area contributed by atoms with Crippen LogP contribution in [0.2, 0.25) is 5.02 Å². The summed E-state index contributed by atoms with van der Waals surface area (Å²) >= 11 is 7.60. The smallest absolute Gasteiger partial charge is 0.140 e. The van der Waals surface area contributed by atoms with Crippen LogP contribution in [0.5, 0.6) is 5.75 Å². The van der Waals surface area contributed by atoms with Crippen LogP contribution in [0, 0.1) is 6.92 Å². The number of aryl methyl sites for hydroxylation is 1. The number of nitrogens with one attached hydrogen (secondary N) is 1. The maximum absolute atomic E-state index is 5.91. The van der Waals surface area contributed by atoms with Crippen LogP contribution in [-0.2, 0) is 13.2 Å². The third-order valence-corrected chi connectivity index (χ3v) is 4.00. The highest BCUT2D eigenvalue weighted by molar-refractivity contribution is 7.11. The molecule has 1 aromatic heterocycles. The van der Waals surface area contributed by atoms with Crippen LogP contribution in [0.25, 0.3) is 0 Å². The van der Waals surface area contributed by atoms with E-state index in [1.54, 1.807) is 11.3 Å². The fraction of sp³-hybridized carbons (Fsp3) is 0.357. The van der Waals surface area contributed by atoms with Crippen molar-refractivity contribution in [2.45, 2.75) is 27.0 Å². The number of nitrogens with zero attached hydrogens (tertiary/aromatic N) is 1. The van der Waals surface area contributed by atoms with Crippen molar-refractivity contribution < 1.29 is 4.74 Å². The molecule has 0 atom stereocenters. The van der Waals surface area contributed by atoms with E-state index in [-0.39, 0.29) is 0 Å². The van der Waals surface area contributed by atoms with Gasteiger partial charge in [0, 0.05) is 16.4 Å². The van der Waals surface area contributed by atoms with E-state index >= 15 is 0 Å². The Hall–Kier alpha value is -1.10. The van der Waals surface area contributed by atoms with E-state index < -0.39 is 0 Å². The Kier molecular flexibility index (Phi) is 5.19. The second-order valence-electron chi connectivity index (χ2n) is 4.14. The second-order valence-corrected chi connectivity index (χ2v) is 5.75. The minimum absolute atomic E-state index is 0.484. The highest BCUT2D eigenvalue weighted by Gasteiger charge is 2.07. The van der Waals surface area contributed by atoms with Crippen LogP contribution in [0.15, 0.2) is 24.3 Å². The third kappa shape index (κ3) is 4.20. The zero-order valence-corrected chi connectivity index (χ0v) is 12.6. The molecule has 19 heavy (non-hydrogen) atoms. The van der Waals surface area contributed by atoms with Gasteiger partial charge >= 0.3 is 0 Å². The van der Waals surface area contributed by atoms with E-state index in [1.165, 1.54) is 4.88 Å². The Balaban J connectivity index is 1.96.